The van der Waals surface area contributed by atoms with Crippen LogP contribution < -0.4 is 10.6 Å². The fourth-order valence-corrected chi connectivity index (χ4v) is 1.35. The molecule has 0 bridgehead atoms. The van der Waals surface area contributed by atoms with Crippen molar-refractivity contribution in [1.29, 1.82) is 0 Å². The minimum atomic E-state index is -0.284. The third kappa shape index (κ3) is 12.9. The fourth-order valence-electron chi connectivity index (χ4n) is 1.35. The topological polar surface area (TPSA) is 72.0 Å². The van der Waals surface area contributed by atoms with Gasteiger partial charge in [0.2, 0.25) is 0 Å². The van der Waals surface area contributed by atoms with Crippen LogP contribution in [0.4, 0.5) is 0 Å². The number of ether oxygens (including phenoxy) is 2. The average Bonchev–Trinajstić information content (AvgIpc) is 2.41. The van der Waals surface area contributed by atoms with Crippen molar-refractivity contribution in [3.63, 3.8) is 0 Å². The molecule has 0 aromatic rings. The molecule has 126 valence electrons. The van der Waals surface area contributed by atoms with Crippen LogP contribution in [-0.4, -0.2) is 50.9 Å². The molecule has 0 heterocycles. The van der Waals surface area contributed by atoms with Crippen LogP contribution in [-0.2, 0) is 14.3 Å². The minimum absolute atomic E-state index is 0. The molecule has 0 fully saturated rings. The van der Waals surface area contributed by atoms with E-state index >= 15 is 0 Å². The average molecular weight is 415 g/mol. The lowest BCUT2D eigenvalue weighted by Gasteiger charge is -2.21. The van der Waals surface area contributed by atoms with Crippen molar-refractivity contribution in [2.75, 3.05) is 33.4 Å². The van der Waals surface area contributed by atoms with E-state index in [1.165, 1.54) is 0 Å². The summed E-state index contributed by atoms with van der Waals surface area (Å²) in [5.74, 6) is 0.582. The van der Waals surface area contributed by atoms with Crippen LogP contribution in [0.25, 0.3) is 0 Å². The van der Waals surface area contributed by atoms with Gasteiger partial charge in [0.25, 0.3) is 0 Å². The molecule has 0 aliphatic carbocycles. The van der Waals surface area contributed by atoms with Gasteiger partial charge < -0.3 is 20.1 Å². The van der Waals surface area contributed by atoms with Crippen molar-refractivity contribution in [3.8, 4) is 0 Å². The van der Waals surface area contributed by atoms with Gasteiger partial charge in [0.05, 0.1) is 18.8 Å². The highest BCUT2D eigenvalue weighted by molar-refractivity contribution is 14.0. The minimum Gasteiger partial charge on any atom is -0.466 e. The molecule has 2 N–H and O–H groups in total. The van der Waals surface area contributed by atoms with E-state index in [0.29, 0.717) is 26.1 Å². The predicted molar refractivity (Wildman–Crippen MR) is 96.4 cm³/mol. The van der Waals surface area contributed by atoms with E-state index in [4.69, 9.17) is 9.47 Å². The van der Waals surface area contributed by atoms with Gasteiger partial charge in [0.1, 0.15) is 0 Å². The molecule has 6 nitrogen and oxygen atoms in total. The van der Waals surface area contributed by atoms with Crippen LogP contribution >= 0.6 is 24.0 Å². The monoisotopic (exact) mass is 415 g/mol. The van der Waals surface area contributed by atoms with Crippen molar-refractivity contribution >= 4 is 35.9 Å². The van der Waals surface area contributed by atoms with Crippen LogP contribution in [0.3, 0.4) is 0 Å². The normalized spacial score (nSPS) is 11.6. The summed E-state index contributed by atoms with van der Waals surface area (Å²) in [5, 5.41) is 6.35. The molecular formula is C14H30IN3O3. The molecule has 0 aliphatic heterocycles. The Hall–Kier alpha value is -0.570. The zero-order valence-electron chi connectivity index (χ0n) is 13.8. The van der Waals surface area contributed by atoms with Crippen molar-refractivity contribution in [2.45, 2.75) is 46.1 Å². The number of halogens is 1. The van der Waals surface area contributed by atoms with E-state index in [1.54, 1.807) is 7.11 Å². The number of rotatable bonds is 9. The number of aliphatic imine (C=N–C) groups is 1. The van der Waals surface area contributed by atoms with E-state index in [2.05, 4.69) is 15.6 Å². The summed E-state index contributed by atoms with van der Waals surface area (Å²) in [7, 11) is 1.68. The maximum absolute atomic E-state index is 11.2. The van der Waals surface area contributed by atoms with Crippen LogP contribution in [0.2, 0.25) is 0 Å². The molecular weight excluding hydrogens is 385 g/mol. The number of nitrogens with one attached hydrogen (secondary N) is 2. The number of esters is 1. The first-order valence-electron chi connectivity index (χ1n) is 7.18. The number of carbonyl (C=O) groups excluding carboxylic acids is 1. The van der Waals surface area contributed by atoms with E-state index < -0.39 is 0 Å². The Morgan fingerprint density at radius 2 is 1.90 bits per heavy atom. The van der Waals surface area contributed by atoms with Crippen molar-refractivity contribution in [1.82, 2.24) is 10.6 Å². The van der Waals surface area contributed by atoms with E-state index in [9.17, 15) is 4.79 Å². The Morgan fingerprint density at radius 1 is 1.24 bits per heavy atom. The number of carbonyl (C=O) groups is 1. The number of hydrogen-bond donors (Lipinski definition) is 2. The lowest BCUT2D eigenvalue weighted by atomic mass is 10.1. The summed E-state index contributed by atoms with van der Waals surface area (Å²) >= 11 is 0. The van der Waals surface area contributed by atoms with Gasteiger partial charge >= 0.3 is 5.97 Å². The number of methoxy groups -OCH3 is 1. The second-order valence-electron chi connectivity index (χ2n) is 4.99. The summed E-state index contributed by atoms with van der Waals surface area (Å²) in [6.45, 7) is 10.3. The van der Waals surface area contributed by atoms with Gasteiger partial charge in [0, 0.05) is 26.6 Å². The van der Waals surface area contributed by atoms with E-state index in [0.717, 1.165) is 18.9 Å². The van der Waals surface area contributed by atoms with Crippen molar-refractivity contribution in [3.05, 3.63) is 0 Å². The molecule has 0 saturated heterocycles. The summed E-state index contributed by atoms with van der Waals surface area (Å²) in [6.07, 6.45) is 1.14. The van der Waals surface area contributed by atoms with Gasteiger partial charge in [-0.1, -0.05) is 0 Å². The van der Waals surface area contributed by atoms with Crippen molar-refractivity contribution < 1.29 is 14.3 Å². The molecule has 0 radical (unpaired) electrons. The third-order valence-corrected chi connectivity index (χ3v) is 2.67. The van der Waals surface area contributed by atoms with Crippen LogP contribution in [0.1, 0.15) is 40.5 Å². The second-order valence-corrected chi connectivity index (χ2v) is 4.99. The Balaban J connectivity index is 0. The van der Waals surface area contributed by atoms with Gasteiger partial charge in [-0.3, -0.25) is 9.79 Å². The molecule has 0 rings (SSSR count). The Labute approximate surface area is 145 Å². The summed E-state index contributed by atoms with van der Waals surface area (Å²) < 4.78 is 10.2. The highest BCUT2D eigenvalue weighted by Crippen LogP contribution is 2.06. The summed E-state index contributed by atoms with van der Waals surface area (Å²) in [4.78, 5) is 15.7. The largest absolute Gasteiger partial charge is 0.466 e. The Morgan fingerprint density at radius 3 is 2.43 bits per heavy atom. The van der Waals surface area contributed by atoms with Gasteiger partial charge in [-0.05, 0) is 34.1 Å². The highest BCUT2D eigenvalue weighted by Gasteiger charge is 2.15. The lowest BCUT2D eigenvalue weighted by molar-refractivity contribution is -0.143. The number of guanidine groups is 1. The molecule has 0 saturated carbocycles. The van der Waals surface area contributed by atoms with Crippen LogP contribution in [0.15, 0.2) is 4.99 Å². The Kier molecular flexibility index (Phi) is 14.2. The SMILES string of the molecule is CCNC(=NCC(C)(C)OC)NCCCC(=O)OCC.I. The first kappa shape index (κ1) is 22.7. The number of nitrogens with zero attached hydrogens (tertiary/aromatic N) is 1. The highest BCUT2D eigenvalue weighted by atomic mass is 127. The zero-order valence-corrected chi connectivity index (χ0v) is 16.2. The maximum Gasteiger partial charge on any atom is 0.305 e. The first-order chi connectivity index (χ1) is 9.45. The lowest BCUT2D eigenvalue weighted by Crippen LogP contribution is -2.39. The molecule has 0 unspecified atom stereocenters. The molecule has 0 amide bonds. The fraction of sp³-hybridized carbons (Fsp3) is 0.857. The molecule has 7 heteroatoms. The quantitative estimate of drug-likeness (QED) is 0.198. The van der Waals surface area contributed by atoms with Gasteiger partial charge in [-0.2, -0.15) is 0 Å². The summed E-state index contributed by atoms with van der Waals surface area (Å²) in [5.41, 5.74) is -0.284. The van der Waals surface area contributed by atoms with Gasteiger partial charge in [-0.25, -0.2) is 0 Å². The predicted octanol–water partition coefficient (Wildman–Crippen LogP) is 1.93. The van der Waals surface area contributed by atoms with Crippen LogP contribution in [0.5, 0.6) is 0 Å². The maximum atomic E-state index is 11.2. The second kappa shape index (κ2) is 13.1. The summed E-state index contributed by atoms with van der Waals surface area (Å²) in [6, 6.07) is 0. The van der Waals surface area contributed by atoms with Gasteiger partial charge in [0.15, 0.2) is 5.96 Å². The first-order valence-corrected chi connectivity index (χ1v) is 7.18. The molecule has 0 aromatic carbocycles. The van der Waals surface area contributed by atoms with E-state index in [-0.39, 0.29) is 35.5 Å². The smallest absolute Gasteiger partial charge is 0.305 e. The van der Waals surface area contributed by atoms with Crippen LogP contribution in [0, 0.1) is 0 Å². The molecule has 21 heavy (non-hydrogen) atoms. The standard InChI is InChI=1S/C14H29N3O3.HI/c1-6-15-13(17-11-14(3,4)19-5)16-10-8-9-12(18)20-7-2;/h6-11H2,1-5H3,(H2,15,16,17);1H. The molecule has 0 atom stereocenters. The van der Waals surface area contributed by atoms with Crippen molar-refractivity contribution in [2.24, 2.45) is 4.99 Å². The molecule has 0 spiro atoms. The zero-order chi connectivity index (χ0) is 15.4. The number of hydrogen-bond acceptors (Lipinski definition) is 4. The molecule has 0 aromatic heterocycles. The molecule has 0 aliphatic rings. The Bertz CT molecular complexity index is 310. The van der Waals surface area contributed by atoms with E-state index in [1.807, 2.05) is 27.7 Å². The van der Waals surface area contributed by atoms with Gasteiger partial charge in [-0.15, -0.1) is 24.0 Å². The third-order valence-electron chi connectivity index (χ3n) is 2.67.